The first kappa shape index (κ1) is 17.0. The quantitative estimate of drug-likeness (QED) is 0.897. The summed E-state index contributed by atoms with van der Waals surface area (Å²) in [5.41, 5.74) is 0.873. The third-order valence-electron chi connectivity index (χ3n) is 4.56. The summed E-state index contributed by atoms with van der Waals surface area (Å²) in [5.74, 6) is -1.66. The maximum Gasteiger partial charge on any atom is 0.254 e. The molecule has 3 rings (SSSR count). The lowest BCUT2D eigenvalue weighted by Gasteiger charge is -2.25. The molecule has 5 nitrogen and oxygen atoms in total. The highest BCUT2D eigenvalue weighted by Crippen LogP contribution is 2.36. The topological polar surface area (TPSA) is 69.6 Å². The van der Waals surface area contributed by atoms with Crippen molar-refractivity contribution in [2.45, 2.75) is 12.5 Å². The molecule has 0 aliphatic carbocycles. The predicted octanol–water partition coefficient (Wildman–Crippen LogP) is 2.48. The summed E-state index contributed by atoms with van der Waals surface area (Å²) in [5, 5.41) is 11.9. The van der Waals surface area contributed by atoms with Crippen LogP contribution in [-0.4, -0.2) is 35.4 Å². The van der Waals surface area contributed by atoms with Crippen molar-refractivity contribution >= 4 is 11.8 Å². The summed E-state index contributed by atoms with van der Waals surface area (Å²) < 4.78 is 13.8. The average molecular weight is 342 g/mol. The zero-order valence-electron chi connectivity index (χ0n) is 13.8. The number of hydrogen-bond acceptors (Lipinski definition) is 3. The van der Waals surface area contributed by atoms with Crippen LogP contribution < -0.4 is 5.32 Å². The number of rotatable bonds is 4. The van der Waals surface area contributed by atoms with Crippen LogP contribution in [0.1, 0.15) is 28.4 Å². The summed E-state index contributed by atoms with van der Waals surface area (Å²) in [6.07, 6.45) is 0.328. The minimum atomic E-state index is -0.781. The summed E-state index contributed by atoms with van der Waals surface area (Å²) in [6.45, 7) is 0.259. The van der Waals surface area contributed by atoms with E-state index in [-0.39, 0.29) is 35.7 Å². The number of phenols is 1. The molecule has 0 saturated carbocycles. The number of halogens is 1. The van der Waals surface area contributed by atoms with Gasteiger partial charge in [0.05, 0.1) is 11.6 Å². The Kier molecular flexibility index (Phi) is 4.70. The fraction of sp³-hybridized carbons (Fsp3) is 0.263. The van der Waals surface area contributed by atoms with Gasteiger partial charge in [0.1, 0.15) is 11.6 Å². The molecule has 0 spiro atoms. The van der Waals surface area contributed by atoms with Crippen LogP contribution in [-0.2, 0) is 4.79 Å². The van der Waals surface area contributed by atoms with E-state index in [9.17, 15) is 19.1 Å². The maximum atomic E-state index is 13.8. The van der Waals surface area contributed by atoms with Gasteiger partial charge < -0.3 is 15.3 Å². The molecule has 2 atom stereocenters. The predicted molar refractivity (Wildman–Crippen MR) is 90.5 cm³/mol. The molecule has 1 fully saturated rings. The smallest absolute Gasteiger partial charge is 0.254 e. The minimum Gasteiger partial charge on any atom is -0.508 e. The van der Waals surface area contributed by atoms with Crippen molar-refractivity contribution in [3.05, 3.63) is 65.5 Å². The Morgan fingerprint density at radius 2 is 2.00 bits per heavy atom. The first-order valence-corrected chi connectivity index (χ1v) is 8.04. The molecular formula is C19H19FN2O3. The van der Waals surface area contributed by atoms with Gasteiger partial charge in [-0.05, 0) is 17.7 Å². The van der Waals surface area contributed by atoms with Gasteiger partial charge in [-0.25, -0.2) is 4.39 Å². The van der Waals surface area contributed by atoms with Crippen molar-refractivity contribution in [2.24, 2.45) is 5.92 Å². The number of amides is 2. The van der Waals surface area contributed by atoms with Crippen molar-refractivity contribution in [2.75, 3.05) is 13.6 Å². The first-order valence-electron chi connectivity index (χ1n) is 8.04. The summed E-state index contributed by atoms with van der Waals surface area (Å²) >= 11 is 0. The van der Waals surface area contributed by atoms with Crippen molar-refractivity contribution in [1.82, 2.24) is 10.2 Å². The van der Waals surface area contributed by atoms with E-state index in [0.717, 1.165) is 11.6 Å². The second kappa shape index (κ2) is 6.93. The molecule has 2 aromatic rings. The van der Waals surface area contributed by atoms with E-state index in [1.807, 2.05) is 30.3 Å². The van der Waals surface area contributed by atoms with Crippen molar-refractivity contribution in [3.63, 3.8) is 0 Å². The van der Waals surface area contributed by atoms with Crippen LogP contribution in [0.4, 0.5) is 4.39 Å². The fourth-order valence-corrected chi connectivity index (χ4v) is 3.29. The number of nitrogens with zero attached hydrogens (tertiary/aromatic N) is 1. The zero-order chi connectivity index (χ0) is 18.0. The summed E-state index contributed by atoms with van der Waals surface area (Å²) in [6, 6.07) is 12.9. The van der Waals surface area contributed by atoms with E-state index in [2.05, 4.69) is 5.32 Å². The third-order valence-corrected chi connectivity index (χ3v) is 4.56. The Bertz CT molecular complexity index is 795. The highest BCUT2D eigenvalue weighted by Gasteiger charge is 2.38. The standard InChI is InChI=1S/C19H19FN2O3/c1-22-17(24)9-13(18(22)12-5-3-2-4-6-12)11-21-19(25)15-8-7-14(23)10-16(15)20/h2-8,10,13,18,23H,9,11H2,1H3,(H,21,25)/t13-,18+/m1/s1. The van der Waals surface area contributed by atoms with Gasteiger partial charge in [-0.1, -0.05) is 30.3 Å². The Morgan fingerprint density at radius 1 is 1.28 bits per heavy atom. The lowest BCUT2D eigenvalue weighted by Crippen LogP contribution is -2.33. The second-order valence-corrected chi connectivity index (χ2v) is 6.20. The largest absolute Gasteiger partial charge is 0.508 e. The second-order valence-electron chi connectivity index (χ2n) is 6.20. The van der Waals surface area contributed by atoms with E-state index in [4.69, 9.17) is 0 Å². The van der Waals surface area contributed by atoms with Crippen LogP contribution in [0.15, 0.2) is 48.5 Å². The molecule has 2 N–H and O–H groups in total. The minimum absolute atomic E-state index is 0.0175. The van der Waals surface area contributed by atoms with Gasteiger partial charge in [-0.15, -0.1) is 0 Å². The molecule has 25 heavy (non-hydrogen) atoms. The lowest BCUT2D eigenvalue weighted by atomic mass is 9.93. The van der Waals surface area contributed by atoms with E-state index in [0.29, 0.717) is 6.42 Å². The normalized spacial score (nSPS) is 19.9. The van der Waals surface area contributed by atoms with Crippen LogP contribution in [0, 0.1) is 11.7 Å². The number of hydrogen-bond donors (Lipinski definition) is 2. The zero-order valence-corrected chi connectivity index (χ0v) is 13.8. The number of phenolic OH excluding ortho intramolecular Hbond substituents is 1. The van der Waals surface area contributed by atoms with Crippen LogP contribution in [0.2, 0.25) is 0 Å². The van der Waals surface area contributed by atoms with E-state index in [1.54, 1.807) is 11.9 Å². The van der Waals surface area contributed by atoms with E-state index >= 15 is 0 Å². The fourth-order valence-electron chi connectivity index (χ4n) is 3.29. The average Bonchev–Trinajstić information content (AvgIpc) is 2.88. The van der Waals surface area contributed by atoms with Crippen LogP contribution in [0.25, 0.3) is 0 Å². The number of benzene rings is 2. The van der Waals surface area contributed by atoms with Gasteiger partial charge in [0, 0.05) is 32.0 Å². The Balaban J connectivity index is 1.73. The Morgan fingerprint density at radius 3 is 2.68 bits per heavy atom. The number of carbonyl (C=O) groups excluding carboxylic acids is 2. The highest BCUT2D eigenvalue weighted by atomic mass is 19.1. The van der Waals surface area contributed by atoms with E-state index in [1.165, 1.54) is 12.1 Å². The van der Waals surface area contributed by atoms with Crippen LogP contribution in [0.5, 0.6) is 5.75 Å². The molecule has 0 aromatic heterocycles. The molecule has 6 heteroatoms. The number of carbonyl (C=O) groups is 2. The molecular weight excluding hydrogens is 323 g/mol. The van der Waals surface area contributed by atoms with Gasteiger partial charge in [0.25, 0.3) is 5.91 Å². The molecule has 130 valence electrons. The molecule has 0 radical (unpaired) electrons. The van der Waals surface area contributed by atoms with E-state index < -0.39 is 11.7 Å². The Hall–Kier alpha value is -2.89. The van der Waals surface area contributed by atoms with Gasteiger partial charge in [0.15, 0.2) is 0 Å². The first-order chi connectivity index (χ1) is 12.0. The SMILES string of the molecule is CN1C(=O)C[C@H](CNC(=O)c2ccc(O)cc2F)[C@@H]1c1ccccc1. The van der Waals surface area contributed by atoms with Crippen molar-refractivity contribution < 1.29 is 19.1 Å². The van der Waals surface area contributed by atoms with Crippen LogP contribution in [0.3, 0.4) is 0 Å². The Labute approximate surface area is 145 Å². The maximum absolute atomic E-state index is 13.8. The number of aromatic hydroxyl groups is 1. The molecule has 1 heterocycles. The van der Waals surface area contributed by atoms with Gasteiger partial charge >= 0.3 is 0 Å². The molecule has 1 aliphatic heterocycles. The summed E-state index contributed by atoms with van der Waals surface area (Å²) in [7, 11) is 1.75. The summed E-state index contributed by atoms with van der Waals surface area (Å²) in [4.78, 5) is 26.0. The lowest BCUT2D eigenvalue weighted by molar-refractivity contribution is -0.127. The van der Waals surface area contributed by atoms with Gasteiger partial charge in [-0.3, -0.25) is 9.59 Å². The molecule has 0 bridgehead atoms. The third kappa shape index (κ3) is 3.47. The van der Waals surface area contributed by atoms with Gasteiger partial charge in [-0.2, -0.15) is 0 Å². The van der Waals surface area contributed by atoms with Crippen molar-refractivity contribution in [1.29, 1.82) is 0 Å². The number of nitrogens with one attached hydrogen (secondary N) is 1. The van der Waals surface area contributed by atoms with Crippen LogP contribution >= 0.6 is 0 Å². The monoisotopic (exact) mass is 342 g/mol. The highest BCUT2D eigenvalue weighted by molar-refractivity contribution is 5.94. The molecule has 2 amide bonds. The molecule has 2 aromatic carbocycles. The molecule has 1 aliphatic rings. The number of likely N-dealkylation sites (tertiary alicyclic amines) is 1. The molecule has 1 saturated heterocycles. The molecule has 0 unspecified atom stereocenters. The van der Waals surface area contributed by atoms with Crippen molar-refractivity contribution in [3.8, 4) is 5.75 Å². The van der Waals surface area contributed by atoms with Gasteiger partial charge in [0.2, 0.25) is 5.91 Å².